The summed E-state index contributed by atoms with van der Waals surface area (Å²) in [5.41, 5.74) is 0. The van der Waals surface area contributed by atoms with Crippen LogP contribution in [0.25, 0.3) is 0 Å². The topological polar surface area (TPSA) is 58.6 Å². The predicted octanol–water partition coefficient (Wildman–Crippen LogP) is 0.519. The summed E-state index contributed by atoms with van der Waals surface area (Å²) in [7, 11) is 1.26. The minimum atomic E-state index is -0.685. The van der Waals surface area contributed by atoms with Gasteiger partial charge in [-0.3, -0.25) is 4.79 Å². The number of nitrogens with one attached hydrogen (secondary N) is 1. The molecule has 0 spiro atoms. The molecule has 0 aromatic heterocycles. The lowest BCUT2D eigenvalue weighted by Crippen LogP contribution is -2.46. The summed E-state index contributed by atoms with van der Waals surface area (Å²) >= 11 is 0. The van der Waals surface area contributed by atoms with Crippen molar-refractivity contribution in [2.45, 2.75) is 18.9 Å². The van der Waals surface area contributed by atoms with E-state index in [1.54, 1.807) is 4.90 Å². The van der Waals surface area contributed by atoms with Crippen LogP contribution in [0.2, 0.25) is 0 Å². The molecule has 1 rings (SSSR count). The fourth-order valence-corrected chi connectivity index (χ4v) is 1.54. The predicted molar refractivity (Wildman–Crippen MR) is 55.3 cm³/mol. The molecule has 0 aromatic carbocycles. The molecule has 1 fully saturated rings. The first kappa shape index (κ1) is 11.6. The summed E-state index contributed by atoms with van der Waals surface area (Å²) in [6.45, 7) is 5.04. The van der Waals surface area contributed by atoms with E-state index in [2.05, 4.69) is 16.6 Å². The average Bonchev–Trinajstić information content (AvgIpc) is 2.77. The number of methoxy groups -OCH3 is 1. The number of carbonyl (C=O) groups excluding carboxylic acids is 2. The van der Waals surface area contributed by atoms with Gasteiger partial charge in [0, 0.05) is 13.1 Å². The molecule has 0 unspecified atom stereocenters. The zero-order valence-corrected chi connectivity index (χ0v) is 8.86. The lowest BCUT2D eigenvalue weighted by Gasteiger charge is -2.20. The largest absolute Gasteiger partial charge is 0.453 e. The van der Waals surface area contributed by atoms with Gasteiger partial charge < -0.3 is 15.0 Å². The van der Waals surface area contributed by atoms with Crippen LogP contribution in [-0.2, 0) is 9.53 Å². The number of alkyl carbamates (subject to hydrolysis) is 1. The zero-order valence-electron chi connectivity index (χ0n) is 8.86. The van der Waals surface area contributed by atoms with Crippen LogP contribution in [0, 0.1) is 0 Å². The van der Waals surface area contributed by atoms with E-state index in [9.17, 15) is 9.59 Å². The molecule has 1 aliphatic heterocycles. The Hall–Kier alpha value is -1.52. The van der Waals surface area contributed by atoms with Crippen LogP contribution in [-0.4, -0.2) is 43.1 Å². The molecule has 15 heavy (non-hydrogen) atoms. The van der Waals surface area contributed by atoms with Crippen LogP contribution in [0.3, 0.4) is 0 Å². The van der Waals surface area contributed by atoms with Crippen molar-refractivity contribution < 1.29 is 14.3 Å². The van der Waals surface area contributed by atoms with Crippen molar-refractivity contribution in [1.29, 1.82) is 0 Å². The summed E-state index contributed by atoms with van der Waals surface area (Å²) < 4.78 is 4.43. The van der Waals surface area contributed by atoms with Gasteiger partial charge in [-0.05, 0) is 12.8 Å². The van der Waals surface area contributed by atoms with Gasteiger partial charge in [-0.1, -0.05) is 6.08 Å². The second-order valence-corrected chi connectivity index (χ2v) is 3.38. The van der Waals surface area contributed by atoms with Gasteiger partial charge in [0.1, 0.15) is 6.04 Å². The summed E-state index contributed by atoms with van der Waals surface area (Å²) in [4.78, 5) is 24.5. The molecule has 5 heteroatoms. The Morgan fingerprint density at radius 1 is 1.47 bits per heavy atom. The number of hydrogen-bond acceptors (Lipinski definition) is 3. The summed E-state index contributed by atoms with van der Waals surface area (Å²) in [6.07, 6.45) is 2.84. The monoisotopic (exact) mass is 212 g/mol. The maximum absolute atomic E-state index is 11.8. The Kier molecular flexibility index (Phi) is 4.15. The molecule has 5 nitrogen and oxygen atoms in total. The minimum absolute atomic E-state index is 0.118. The van der Waals surface area contributed by atoms with E-state index >= 15 is 0 Å². The number of rotatable bonds is 3. The molecule has 1 atom stereocenters. The van der Waals surface area contributed by atoms with Gasteiger partial charge in [0.15, 0.2) is 0 Å². The van der Waals surface area contributed by atoms with E-state index in [1.807, 2.05) is 0 Å². The fourth-order valence-electron chi connectivity index (χ4n) is 1.54. The Morgan fingerprint density at radius 2 is 2.07 bits per heavy atom. The molecule has 0 bridgehead atoms. The summed E-state index contributed by atoms with van der Waals surface area (Å²) in [5, 5.41) is 2.42. The van der Waals surface area contributed by atoms with Crippen molar-refractivity contribution in [2.75, 3.05) is 20.2 Å². The Morgan fingerprint density at radius 3 is 2.53 bits per heavy atom. The van der Waals surface area contributed by atoms with Gasteiger partial charge >= 0.3 is 6.09 Å². The maximum Gasteiger partial charge on any atom is 0.407 e. The van der Waals surface area contributed by atoms with Crippen molar-refractivity contribution in [3.05, 3.63) is 12.7 Å². The van der Waals surface area contributed by atoms with Crippen molar-refractivity contribution in [3.8, 4) is 0 Å². The van der Waals surface area contributed by atoms with Crippen molar-refractivity contribution >= 4 is 12.0 Å². The first-order valence-corrected chi connectivity index (χ1v) is 4.95. The lowest BCUT2D eigenvalue weighted by molar-refractivity contribution is -0.131. The van der Waals surface area contributed by atoms with Crippen LogP contribution >= 0.6 is 0 Å². The normalized spacial score (nSPS) is 17.0. The highest BCUT2D eigenvalue weighted by molar-refractivity contribution is 5.87. The molecule has 1 heterocycles. The van der Waals surface area contributed by atoms with Crippen LogP contribution in [0.4, 0.5) is 4.79 Å². The van der Waals surface area contributed by atoms with Gasteiger partial charge in [0.05, 0.1) is 7.11 Å². The van der Waals surface area contributed by atoms with Crippen molar-refractivity contribution in [2.24, 2.45) is 0 Å². The molecule has 1 aliphatic rings. The number of carbonyl (C=O) groups is 2. The maximum atomic E-state index is 11.8. The first-order chi connectivity index (χ1) is 7.19. The summed E-state index contributed by atoms with van der Waals surface area (Å²) in [6, 6.07) is -0.685. The smallest absolute Gasteiger partial charge is 0.407 e. The Labute approximate surface area is 89.1 Å². The molecule has 84 valence electrons. The number of ether oxygens (including phenoxy) is 1. The van der Waals surface area contributed by atoms with E-state index < -0.39 is 12.1 Å². The third-order valence-corrected chi connectivity index (χ3v) is 2.38. The quantitative estimate of drug-likeness (QED) is 0.694. The molecule has 1 saturated heterocycles. The fraction of sp³-hybridized carbons (Fsp3) is 0.600. The number of hydrogen-bond donors (Lipinski definition) is 1. The van der Waals surface area contributed by atoms with E-state index in [1.165, 1.54) is 13.2 Å². The van der Waals surface area contributed by atoms with E-state index in [4.69, 9.17) is 0 Å². The third kappa shape index (κ3) is 2.97. The van der Waals surface area contributed by atoms with E-state index in [-0.39, 0.29) is 5.91 Å². The highest BCUT2D eigenvalue weighted by Crippen LogP contribution is 2.09. The highest BCUT2D eigenvalue weighted by atomic mass is 16.5. The van der Waals surface area contributed by atoms with Crippen LogP contribution < -0.4 is 5.32 Å². The molecule has 0 radical (unpaired) electrons. The van der Waals surface area contributed by atoms with Crippen LogP contribution in [0.15, 0.2) is 12.7 Å². The minimum Gasteiger partial charge on any atom is -0.453 e. The van der Waals surface area contributed by atoms with Crippen molar-refractivity contribution in [1.82, 2.24) is 10.2 Å². The number of likely N-dealkylation sites (tertiary alicyclic amines) is 1. The molecule has 0 aliphatic carbocycles. The second kappa shape index (κ2) is 5.38. The van der Waals surface area contributed by atoms with Gasteiger partial charge in [0.2, 0.25) is 5.91 Å². The van der Waals surface area contributed by atoms with Gasteiger partial charge in [-0.2, -0.15) is 0 Å². The molecule has 0 aromatic rings. The zero-order chi connectivity index (χ0) is 11.3. The standard InChI is InChI=1S/C10H16N2O3/c1-3-8(11-10(14)15-2)9(13)12-6-4-5-7-12/h3,8H,1,4-7H2,2H3,(H,11,14)/t8-/m0/s1. The molecule has 0 saturated carbocycles. The highest BCUT2D eigenvalue weighted by Gasteiger charge is 2.25. The summed E-state index contributed by atoms with van der Waals surface area (Å²) in [5.74, 6) is -0.118. The average molecular weight is 212 g/mol. The van der Waals surface area contributed by atoms with Gasteiger partial charge in [0.25, 0.3) is 0 Å². The molecular formula is C10H16N2O3. The molecule has 2 amide bonds. The van der Waals surface area contributed by atoms with Gasteiger partial charge in [-0.25, -0.2) is 4.79 Å². The number of amides is 2. The van der Waals surface area contributed by atoms with Crippen molar-refractivity contribution in [3.63, 3.8) is 0 Å². The SMILES string of the molecule is C=C[C@H](NC(=O)OC)C(=O)N1CCCC1. The Balaban J connectivity index is 2.53. The molecule has 1 N–H and O–H groups in total. The Bertz CT molecular complexity index is 259. The molecular weight excluding hydrogens is 196 g/mol. The van der Waals surface area contributed by atoms with E-state index in [0.29, 0.717) is 0 Å². The third-order valence-electron chi connectivity index (χ3n) is 2.38. The van der Waals surface area contributed by atoms with Crippen LogP contribution in [0.1, 0.15) is 12.8 Å². The second-order valence-electron chi connectivity index (χ2n) is 3.38. The van der Waals surface area contributed by atoms with Crippen LogP contribution in [0.5, 0.6) is 0 Å². The van der Waals surface area contributed by atoms with E-state index in [0.717, 1.165) is 25.9 Å². The first-order valence-electron chi connectivity index (χ1n) is 4.95. The lowest BCUT2D eigenvalue weighted by atomic mass is 10.2. The number of nitrogens with zero attached hydrogens (tertiary/aromatic N) is 1. The van der Waals surface area contributed by atoms with Gasteiger partial charge in [-0.15, -0.1) is 6.58 Å².